The van der Waals surface area contributed by atoms with Crippen molar-refractivity contribution in [1.29, 1.82) is 0 Å². The van der Waals surface area contributed by atoms with Crippen LogP contribution in [0.15, 0.2) is 42.5 Å². The molecular weight excluding hydrogens is 223 g/mol. The molecule has 0 N–H and O–H groups in total. The van der Waals surface area contributed by atoms with Crippen LogP contribution in [0.25, 0.3) is 11.1 Å². The number of benzene rings is 2. The fourth-order valence-electron chi connectivity index (χ4n) is 2.11. The van der Waals surface area contributed by atoms with Crippen LogP contribution in [0, 0.1) is 12.7 Å². The quantitative estimate of drug-likeness (QED) is 0.652. The van der Waals surface area contributed by atoms with E-state index in [0.717, 1.165) is 16.7 Å². The van der Waals surface area contributed by atoms with Crippen molar-refractivity contribution in [1.82, 2.24) is 0 Å². The minimum absolute atomic E-state index is 0.0813. The lowest BCUT2D eigenvalue weighted by atomic mass is 9.83. The van der Waals surface area contributed by atoms with E-state index >= 15 is 0 Å². The van der Waals surface area contributed by atoms with E-state index in [-0.39, 0.29) is 11.2 Å². The van der Waals surface area contributed by atoms with Crippen LogP contribution in [-0.4, -0.2) is 0 Å². The van der Waals surface area contributed by atoms with E-state index in [1.54, 1.807) is 0 Å². The van der Waals surface area contributed by atoms with Crippen LogP contribution >= 0.6 is 0 Å². The zero-order chi connectivity index (χ0) is 13.3. The van der Waals surface area contributed by atoms with Gasteiger partial charge < -0.3 is 0 Å². The number of halogens is 1. The van der Waals surface area contributed by atoms with Crippen molar-refractivity contribution >= 4 is 0 Å². The van der Waals surface area contributed by atoms with Gasteiger partial charge in [0.15, 0.2) is 0 Å². The highest BCUT2D eigenvalue weighted by Crippen LogP contribution is 2.31. The smallest absolute Gasteiger partial charge is 0.129 e. The molecular formula is C17H19F. The van der Waals surface area contributed by atoms with Crippen LogP contribution < -0.4 is 0 Å². The summed E-state index contributed by atoms with van der Waals surface area (Å²) in [5.74, 6) is -0.0813. The van der Waals surface area contributed by atoms with Crippen LogP contribution in [0.3, 0.4) is 0 Å². The fourth-order valence-corrected chi connectivity index (χ4v) is 2.11. The Morgan fingerprint density at radius 3 is 2.06 bits per heavy atom. The Morgan fingerprint density at radius 2 is 1.50 bits per heavy atom. The first-order valence-corrected chi connectivity index (χ1v) is 6.25. The highest BCUT2D eigenvalue weighted by atomic mass is 19.1. The summed E-state index contributed by atoms with van der Waals surface area (Å²) >= 11 is 0. The Hall–Kier alpha value is -1.63. The maximum atomic E-state index is 14.2. The third kappa shape index (κ3) is 2.45. The van der Waals surface area contributed by atoms with Crippen LogP contribution in [0.4, 0.5) is 4.39 Å². The monoisotopic (exact) mass is 242 g/mol. The SMILES string of the molecule is Cc1cc(-c2ccccc2)cc(C(C)(C)C)c1F. The third-order valence-corrected chi connectivity index (χ3v) is 3.17. The summed E-state index contributed by atoms with van der Waals surface area (Å²) in [4.78, 5) is 0. The molecule has 0 saturated heterocycles. The maximum Gasteiger partial charge on any atom is 0.129 e. The lowest BCUT2D eigenvalue weighted by Gasteiger charge is -2.22. The van der Waals surface area contributed by atoms with E-state index in [1.165, 1.54) is 0 Å². The van der Waals surface area contributed by atoms with Gasteiger partial charge in [0.05, 0.1) is 0 Å². The molecule has 0 aromatic heterocycles. The van der Waals surface area contributed by atoms with Gasteiger partial charge in [0.1, 0.15) is 5.82 Å². The molecule has 0 heterocycles. The molecule has 0 aliphatic heterocycles. The average Bonchev–Trinajstić information content (AvgIpc) is 2.32. The Labute approximate surface area is 108 Å². The van der Waals surface area contributed by atoms with Crippen molar-refractivity contribution in [3.8, 4) is 11.1 Å². The first-order chi connectivity index (χ1) is 8.39. The van der Waals surface area contributed by atoms with Crippen LogP contribution in [-0.2, 0) is 5.41 Å². The summed E-state index contributed by atoms with van der Waals surface area (Å²) in [5, 5.41) is 0. The predicted octanol–water partition coefficient (Wildman–Crippen LogP) is 5.10. The fraction of sp³-hybridized carbons (Fsp3) is 0.294. The summed E-state index contributed by atoms with van der Waals surface area (Å²) in [6.45, 7) is 7.95. The molecule has 0 saturated carbocycles. The number of hydrogen-bond donors (Lipinski definition) is 0. The van der Waals surface area contributed by atoms with Gasteiger partial charge in [-0.3, -0.25) is 0 Å². The van der Waals surface area contributed by atoms with Gasteiger partial charge in [-0.1, -0.05) is 51.1 Å². The second kappa shape index (κ2) is 4.56. The van der Waals surface area contributed by atoms with Gasteiger partial charge in [-0.05, 0) is 46.7 Å². The van der Waals surface area contributed by atoms with Crippen molar-refractivity contribution in [3.63, 3.8) is 0 Å². The molecule has 0 aliphatic rings. The highest BCUT2D eigenvalue weighted by Gasteiger charge is 2.20. The molecule has 0 atom stereocenters. The molecule has 94 valence electrons. The van der Waals surface area contributed by atoms with E-state index in [1.807, 2.05) is 58.0 Å². The van der Waals surface area contributed by atoms with Crippen molar-refractivity contribution in [2.45, 2.75) is 33.1 Å². The van der Waals surface area contributed by atoms with Gasteiger partial charge in [-0.15, -0.1) is 0 Å². The zero-order valence-electron chi connectivity index (χ0n) is 11.4. The Morgan fingerprint density at radius 1 is 0.889 bits per heavy atom. The number of hydrogen-bond acceptors (Lipinski definition) is 0. The molecule has 0 radical (unpaired) electrons. The molecule has 2 aromatic rings. The first kappa shape index (κ1) is 12.8. The lowest BCUT2D eigenvalue weighted by molar-refractivity contribution is 0.519. The van der Waals surface area contributed by atoms with Gasteiger partial charge in [-0.25, -0.2) is 4.39 Å². The summed E-state index contributed by atoms with van der Waals surface area (Å²) in [6, 6.07) is 14.0. The average molecular weight is 242 g/mol. The van der Waals surface area contributed by atoms with Crippen molar-refractivity contribution < 1.29 is 4.39 Å². The molecule has 2 rings (SSSR count). The van der Waals surface area contributed by atoms with Gasteiger partial charge in [0, 0.05) is 0 Å². The molecule has 0 aliphatic carbocycles. The Kier molecular flexibility index (Phi) is 3.25. The summed E-state index contributed by atoms with van der Waals surface area (Å²) in [7, 11) is 0. The second-order valence-electron chi connectivity index (χ2n) is 5.77. The zero-order valence-corrected chi connectivity index (χ0v) is 11.4. The molecule has 0 unspecified atom stereocenters. The minimum atomic E-state index is -0.181. The molecule has 0 nitrogen and oxygen atoms in total. The lowest BCUT2D eigenvalue weighted by Crippen LogP contribution is -2.14. The van der Waals surface area contributed by atoms with Gasteiger partial charge in [-0.2, -0.15) is 0 Å². The van der Waals surface area contributed by atoms with Crippen molar-refractivity contribution in [3.05, 3.63) is 59.4 Å². The van der Waals surface area contributed by atoms with Crippen molar-refractivity contribution in [2.75, 3.05) is 0 Å². The maximum absolute atomic E-state index is 14.2. The normalized spacial score (nSPS) is 11.6. The number of aryl methyl sites for hydroxylation is 1. The van der Waals surface area contributed by atoms with Crippen LogP contribution in [0.5, 0.6) is 0 Å². The van der Waals surface area contributed by atoms with E-state index in [2.05, 4.69) is 12.1 Å². The molecule has 2 aromatic carbocycles. The Balaban J connectivity index is 2.62. The summed E-state index contributed by atoms with van der Waals surface area (Å²) < 4.78 is 14.2. The van der Waals surface area contributed by atoms with Gasteiger partial charge >= 0.3 is 0 Å². The van der Waals surface area contributed by atoms with E-state index in [4.69, 9.17) is 0 Å². The Bertz CT molecular complexity index is 548. The second-order valence-corrected chi connectivity index (χ2v) is 5.77. The molecule has 0 spiro atoms. The largest absolute Gasteiger partial charge is 0.206 e. The van der Waals surface area contributed by atoms with Crippen molar-refractivity contribution in [2.24, 2.45) is 0 Å². The molecule has 0 fully saturated rings. The van der Waals surface area contributed by atoms with Crippen LogP contribution in [0.1, 0.15) is 31.9 Å². The molecule has 0 bridgehead atoms. The first-order valence-electron chi connectivity index (χ1n) is 6.25. The van der Waals surface area contributed by atoms with Crippen LogP contribution in [0.2, 0.25) is 0 Å². The molecule has 18 heavy (non-hydrogen) atoms. The third-order valence-electron chi connectivity index (χ3n) is 3.17. The van der Waals surface area contributed by atoms with E-state index < -0.39 is 0 Å². The molecule has 0 amide bonds. The minimum Gasteiger partial charge on any atom is -0.206 e. The van der Waals surface area contributed by atoms with Gasteiger partial charge in [0.2, 0.25) is 0 Å². The number of rotatable bonds is 1. The topological polar surface area (TPSA) is 0 Å². The van der Waals surface area contributed by atoms with E-state index in [9.17, 15) is 4.39 Å². The summed E-state index contributed by atoms with van der Waals surface area (Å²) in [5.41, 5.74) is 3.52. The van der Waals surface area contributed by atoms with E-state index in [0.29, 0.717) is 5.56 Å². The van der Waals surface area contributed by atoms with Gasteiger partial charge in [0.25, 0.3) is 0 Å². The molecule has 1 heteroatoms. The summed E-state index contributed by atoms with van der Waals surface area (Å²) in [6.07, 6.45) is 0. The predicted molar refractivity (Wildman–Crippen MR) is 75.3 cm³/mol. The standard InChI is InChI=1S/C17H19F/c1-12-10-14(13-8-6-5-7-9-13)11-15(16(12)18)17(2,3)4/h5-11H,1-4H3. The highest BCUT2D eigenvalue weighted by molar-refractivity contribution is 5.65.